The van der Waals surface area contributed by atoms with Crippen LogP contribution in [0.1, 0.15) is 22.8 Å². The highest BCUT2D eigenvalue weighted by Gasteiger charge is 2.24. The standard InChI is InChI=1S/C17H15Cl2FN2O3/c1-8(21)17(24)22-13-6-4-11(18)15(19)14(13)16(23)10-7-9(25-2)3-5-12(10)20/h3-8H,21H2,1-2H3,(H,22,24). The number of hydrogen-bond acceptors (Lipinski definition) is 4. The van der Waals surface area contributed by atoms with E-state index < -0.39 is 23.5 Å². The molecule has 0 saturated heterocycles. The second-order valence-corrected chi connectivity index (χ2v) is 6.02. The molecule has 0 aliphatic rings. The number of benzene rings is 2. The van der Waals surface area contributed by atoms with Crippen molar-refractivity contribution in [2.75, 3.05) is 12.4 Å². The van der Waals surface area contributed by atoms with Gasteiger partial charge in [0.1, 0.15) is 11.6 Å². The molecule has 0 radical (unpaired) electrons. The van der Waals surface area contributed by atoms with E-state index in [9.17, 15) is 14.0 Å². The van der Waals surface area contributed by atoms with Crippen molar-refractivity contribution in [3.05, 3.63) is 57.3 Å². The maximum Gasteiger partial charge on any atom is 0.241 e. The first-order valence-corrected chi connectivity index (χ1v) is 7.94. The van der Waals surface area contributed by atoms with Crippen molar-refractivity contribution in [2.45, 2.75) is 13.0 Å². The number of ketones is 1. The number of carbonyl (C=O) groups is 2. The molecule has 2 aromatic carbocycles. The fourth-order valence-electron chi connectivity index (χ4n) is 2.06. The molecular weight excluding hydrogens is 370 g/mol. The molecule has 0 fully saturated rings. The Labute approximate surface area is 153 Å². The summed E-state index contributed by atoms with van der Waals surface area (Å²) in [6, 6.07) is 5.73. The number of nitrogens with one attached hydrogen (secondary N) is 1. The minimum absolute atomic E-state index is 0.0870. The third kappa shape index (κ3) is 4.10. The number of amides is 1. The van der Waals surface area contributed by atoms with Crippen molar-refractivity contribution >= 4 is 40.6 Å². The summed E-state index contributed by atoms with van der Waals surface area (Å²) in [7, 11) is 1.39. The normalized spacial score (nSPS) is 11.8. The first-order valence-electron chi connectivity index (χ1n) is 7.19. The summed E-state index contributed by atoms with van der Waals surface area (Å²) in [5.41, 5.74) is 5.21. The number of ether oxygens (including phenoxy) is 1. The van der Waals surface area contributed by atoms with Crippen LogP contribution in [0.15, 0.2) is 30.3 Å². The quantitative estimate of drug-likeness (QED) is 0.770. The van der Waals surface area contributed by atoms with Gasteiger partial charge in [-0.05, 0) is 37.3 Å². The summed E-state index contributed by atoms with van der Waals surface area (Å²) in [6.07, 6.45) is 0. The highest BCUT2D eigenvalue weighted by Crippen LogP contribution is 2.34. The van der Waals surface area contributed by atoms with E-state index in [-0.39, 0.29) is 26.9 Å². The fourth-order valence-corrected chi connectivity index (χ4v) is 2.47. The molecule has 2 rings (SSSR count). The van der Waals surface area contributed by atoms with Gasteiger partial charge < -0.3 is 15.8 Å². The number of nitrogens with two attached hydrogens (primary N) is 1. The van der Waals surface area contributed by atoms with Crippen LogP contribution in [0.3, 0.4) is 0 Å². The van der Waals surface area contributed by atoms with Crippen molar-refractivity contribution in [1.82, 2.24) is 0 Å². The van der Waals surface area contributed by atoms with Gasteiger partial charge in [-0.3, -0.25) is 9.59 Å². The minimum atomic E-state index is -0.814. The highest BCUT2D eigenvalue weighted by molar-refractivity contribution is 6.45. The summed E-state index contributed by atoms with van der Waals surface area (Å²) >= 11 is 12.1. The van der Waals surface area contributed by atoms with Crippen molar-refractivity contribution in [3.63, 3.8) is 0 Å². The topological polar surface area (TPSA) is 81.4 Å². The largest absolute Gasteiger partial charge is 0.497 e. The molecule has 0 aliphatic heterocycles. The highest BCUT2D eigenvalue weighted by atomic mass is 35.5. The second kappa shape index (κ2) is 7.82. The van der Waals surface area contributed by atoms with Gasteiger partial charge in [0, 0.05) is 0 Å². The molecule has 2 aromatic rings. The molecule has 0 heterocycles. The van der Waals surface area contributed by atoms with Crippen LogP contribution < -0.4 is 15.8 Å². The zero-order valence-corrected chi connectivity index (χ0v) is 14.9. The first-order chi connectivity index (χ1) is 11.8. The number of carbonyl (C=O) groups excluding carboxylic acids is 2. The number of hydrogen-bond donors (Lipinski definition) is 2. The van der Waals surface area contributed by atoms with Crippen LogP contribution in [0.4, 0.5) is 10.1 Å². The Hall–Kier alpha value is -2.15. The predicted octanol–water partition coefficient (Wildman–Crippen LogP) is 3.66. The molecule has 132 valence electrons. The van der Waals surface area contributed by atoms with Crippen LogP contribution >= 0.6 is 23.2 Å². The number of methoxy groups -OCH3 is 1. The van der Waals surface area contributed by atoms with E-state index in [1.165, 1.54) is 38.3 Å². The first kappa shape index (κ1) is 19.2. The zero-order valence-electron chi connectivity index (χ0n) is 13.4. The molecule has 0 bridgehead atoms. The smallest absolute Gasteiger partial charge is 0.241 e. The number of anilines is 1. The second-order valence-electron chi connectivity index (χ2n) is 5.24. The molecule has 3 N–H and O–H groups in total. The van der Waals surface area contributed by atoms with Crippen LogP contribution in [-0.4, -0.2) is 24.8 Å². The van der Waals surface area contributed by atoms with Gasteiger partial charge in [-0.15, -0.1) is 0 Å². The molecule has 0 saturated carbocycles. The molecule has 0 spiro atoms. The van der Waals surface area contributed by atoms with E-state index in [1.54, 1.807) is 0 Å². The Morgan fingerprint density at radius 2 is 1.92 bits per heavy atom. The van der Waals surface area contributed by atoms with Gasteiger partial charge in [0.25, 0.3) is 0 Å². The van der Waals surface area contributed by atoms with Crippen molar-refractivity contribution in [3.8, 4) is 5.75 Å². The van der Waals surface area contributed by atoms with Gasteiger partial charge in [0.05, 0.1) is 40.0 Å². The summed E-state index contributed by atoms with van der Waals surface area (Å²) in [4.78, 5) is 24.7. The van der Waals surface area contributed by atoms with Gasteiger partial charge in [-0.25, -0.2) is 4.39 Å². The summed E-state index contributed by atoms with van der Waals surface area (Å²) in [6.45, 7) is 1.48. The Bertz CT molecular complexity index is 841. The van der Waals surface area contributed by atoms with E-state index >= 15 is 0 Å². The molecule has 8 heteroatoms. The minimum Gasteiger partial charge on any atom is -0.497 e. The van der Waals surface area contributed by atoms with Crippen LogP contribution in [-0.2, 0) is 4.79 Å². The van der Waals surface area contributed by atoms with Gasteiger partial charge in [0.2, 0.25) is 5.91 Å². The average molecular weight is 385 g/mol. The molecule has 1 unspecified atom stereocenters. The number of rotatable bonds is 5. The Morgan fingerprint density at radius 1 is 1.24 bits per heavy atom. The molecule has 1 atom stereocenters. The summed E-state index contributed by atoms with van der Waals surface area (Å²) in [5.74, 6) is -1.74. The summed E-state index contributed by atoms with van der Waals surface area (Å²) in [5, 5.41) is 2.48. The zero-order chi connectivity index (χ0) is 18.7. The van der Waals surface area contributed by atoms with Crippen molar-refractivity contribution < 1.29 is 18.7 Å². The lowest BCUT2D eigenvalue weighted by Crippen LogP contribution is -2.33. The van der Waals surface area contributed by atoms with E-state index in [0.717, 1.165) is 6.07 Å². The van der Waals surface area contributed by atoms with Gasteiger partial charge in [0.15, 0.2) is 5.78 Å². The van der Waals surface area contributed by atoms with E-state index in [1.807, 2.05) is 0 Å². The monoisotopic (exact) mass is 384 g/mol. The Kier molecular flexibility index (Phi) is 6.00. The van der Waals surface area contributed by atoms with E-state index in [0.29, 0.717) is 5.75 Å². The lowest BCUT2D eigenvalue weighted by atomic mass is 10.0. The third-order valence-electron chi connectivity index (χ3n) is 3.41. The molecule has 25 heavy (non-hydrogen) atoms. The van der Waals surface area contributed by atoms with Crippen LogP contribution in [0, 0.1) is 5.82 Å². The Balaban J connectivity index is 2.59. The van der Waals surface area contributed by atoms with E-state index in [4.69, 9.17) is 33.7 Å². The maximum absolute atomic E-state index is 14.1. The lowest BCUT2D eigenvalue weighted by molar-refractivity contribution is -0.117. The maximum atomic E-state index is 14.1. The van der Waals surface area contributed by atoms with Gasteiger partial charge >= 0.3 is 0 Å². The Morgan fingerprint density at radius 3 is 2.52 bits per heavy atom. The van der Waals surface area contributed by atoms with Crippen LogP contribution in [0.2, 0.25) is 10.0 Å². The third-order valence-corrected chi connectivity index (χ3v) is 4.22. The molecular formula is C17H15Cl2FN2O3. The van der Waals surface area contributed by atoms with Crippen molar-refractivity contribution in [1.29, 1.82) is 0 Å². The average Bonchev–Trinajstić information content (AvgIpc) is 2.58. The molecule has 5 nitrogen and oxygen atoms in total. The van der Waals surface area contributed by atoms with Crippen LogP contribution in [0.25, 0.3) is 0 Å². The number of halogens is 3. The van der Waals surface area contributed by atoms with Crippen molar-refractivity contribution in [2.24, 2.45) is 5.73 Å². The van der Waals surface area contributed by atoms with Crippen LogP contribution in [0.5, 0.6) is 5.75 Å². The van der Waals surface area contributed by atoms with E-state index in [2.05, 4.69) is 5.32 Å². The molecule has 0 aromatic heterocycles. The van der Waals surface area contributed by atoms with Gasteiger partial charge in [-0.2, -0.15) is 0 Å². The predicted molar refractivity (Wildman–Crippen MR) is 95.1 cm³/mol. The SMILES string of the molecule is COc1ccc(F)c(C(=O)c2c(NC(=O)C(C)N)ccc(Cl)c2Cl)c1. The molecule has 0 aliphatic carbocycles. The lowest BCUT2D eigenvalue weighted by Gasteiger charge is -2.15. The fraction of sp³-hybridized carbons (Fsp3) is 0.176. The van der Waals surface area contributed by atoms with Gasteiger partial charge in [-0.1, -0.05) is 23.2 Å². The summed E-state index contributed by atoms with van der Waals surface area (Å²) < 4.78 is 19.1. The molecule has 1 amide bonds.